The van der Waals surface area contributed by atoms with Gasteiger partial charge in [0.05, 0.1) is 26.4 Å². The SMILES string of the molecule is C=CC(=O)OCCCOc1ccc(OCCCOC(=O)C=C)c(C)c1. The van der Waals surface area contributed by atoms with Crippen molar-refractivity contribution in [1.29, 1.82) is 0 Å². The summed E-state index contributed by atoms with van der Waals surface area (Å²) in [6, 6.07) is 5.52. The number of aryl methyl sites for hydroxylation is 1. The van der Waals surface area contributed by atoms with E-state index in [0.717, 1.165) is 29.2 Å². The van der Waals surface area contributed by atoms with Crippen LogP contribution in [0, 0.1) is 6.92 Å². The fraction of sp³-hybridized carbons (Fsp3) is 0.368. The van der Waals surface area contributed by atoms with Gasteiger partial charge in [0.2, 0.25) is 0 Å². The summed E-state index contributed by atoms with van der Waals surface area (Å²) < 4.78 is 21.0. The highest BCUT2D eigenvalue weighted by molar-refractivity contribution is 5.81. The monoisotopic (exact) mass is 348 g/mol. The van der Waals surface area contributed by atoms with E-state index in [-0.39, 0.29) is 0 Å². The predicted octanol–water partition coefficient (Wildman–Crippen LogP) is 2.99. The molecule has 0 spiro atoms. The normalized spacial score (nSPS) is 9.80. The first-order valence-electron chi connectivity index (χ1n) is 8.01. The summed E-state index contributed by atoms with van der Waals surface area (Å²) >= 11 is 0. The Labute approximate surface area is 148 Å². The van der Waals surface area contributed by atoms with Gasteiger partial charge >= 0.3 is 11.9 Å². The molecular weight excluding hydrogens is 324 g/mol. The molecule has 0 bridgehead atoms. The molecule has 0 N–H and O–H groups in total. The van der Waals surface area contributed by atoms with Crippen molar-refractivity contribution in [3.05, 3.63) is 49.1 Å². The fourth-order valence-electron chi connectivity index (χ4n) is 1.83. The number of hydrogen-bond donors (Lipinski definition) is 0. The van der Waals surface area contributed by atoms with Crippen LogP contribution in [0.3, 0.4) is 0 Å². The second-order valence-electron chi connectivity index (χ2n) is 5.07. The minimum absolute atomic E-state index is 0.293. The molecule has 25 heavy (non-hydrogen) atoms. The highest BCUT2D eigenvalue weighted by atomic mass is 16.5. The van der Waals surface area contributed by atoms with Crippen molar-refractivity contribution in [3.8, 4) is 11.5 Å². The van der Waals surface area contributed by atoms with E-state index in [2.05, 4.69) is 13.2 Å². The van der Waals surface area contributed by atoms with Gasteiger partial charge in [-0.3, -0.25) is 0 Å². The van der Waals surface area contributed by atoms with Crippen LogP contribution < -0.4 is 9.47 Å². The molecule has 0 saturated carbocycles. The van der Waals surface area contributed by atoms with Gasteiger partial charge in [-0.15, -0.1) is 0 Å². The Balaban J connectivity index is 2.26. The minimum Gasteiger partial charge on any atom is -0.493 e. The van der Waals surface area contributed by atoms with E-state index in [9.17, 15) is 9.59 Å². The molecular formula is C19H24O6. The molecule has 0 atom stereocenters. The van der Waals surface area contributed by atoms with Crippen LogP contribution in [0.15, 0.2) is 43.5 Å². The predicted molar refractivity (Wildman–Crippen MR) is 93.7 cm³/mol. The Kier molecular flexibility index (Phi) is 9.51. The maximum absolute atomic E-state index is 10.9. The summed E-state index contributed by atoms with van der Waals surface area (Å²) in [4.78, 5) is 21.8. The van der Waals surface area contributed by atoms with Gasteiger partial charge in [0, 0.05) is 25.0 Å². The summed E-state index contributed by atoms with van der Waals surface area (Å²) in [5.41, 5.74) is 0.943. The first-order chi connectivity index (χ1) is 12.1. The van der Waals surface area contributed by atoms with Gasteiger partial charge in [0.15, 0.2) is 0 Å². The van der Waals surface area contributed by atoms with Gasteiger partial charge in [0.1, 0.15) is 11.5 Å². The average molecular weight is 348 g/mol. The van der Waals surface area contributed by atoms with Crippen molar-refractivity contribution < 1.29 is 28.5 Å². The second-order valence-corrected chi connectivity index (χ2v) is 5.07. The Morgan fingerprint density at radius 2 is 1.48 bits per heavy atom. The molecule has 0 saturated heterocycles. The molecule has 1 rings (SSSR count). The van der Waals surface area contributed by atoms with E-state index < -0.39 is 11.9 Å². The number of hydrogen-bond acceptors (Lipinski definition) is 6. The molecule has 0 fully saturated rings. The van der Waals surface area contributed by atoms with E-state index >= 15 is 0 Å². The molecule has 1 aromatic rings. The van der Waals surface area contributed by atoms with Crippen LogP contribution in [0.2, 0.25) is 0 Å². The second kappa shape index (κ2) is 11.7. The third-order valence-electron chi connectivity index (χ3n) is 3.07. The zero-order valence-corrected chi connectivity index (χ0v) is 14.5. The maximum Gasteiger partial charge on any atom is 0.330 e. The van der Waals surface area contributed by atoms with Gasteiger partial charge in [-0.2, -0.15) is 0 Å². The Morgan fingerprint density at radius 1 is 0.920 bits per heavy atom. The zero-order valence-electron chi connectivity index (χ0n) is 14.5. The Hall–Kier alpha value is -2.76. The number of ether oxygens (including phenoxy) is 4. The Bertz CT molecular complexity index is 594. The van der Waals surface area contributed by atoms with Crippen LogP contribution in [0.4, 0.5) is 0 Å². The smallest absolute Gasteiger partial charge is 0.330 e. The first-order valence-corrected chi connectivity index (χ1v) is 8.01. The van der Waals surface area contributed by atoms with Crippen molar-refractivity contribution in [2.45, 2.75) is 19.8 Å². The molecule has 6 heteroatoms. The summed E-state index contributed by atoms with van der Waals surface area (Å²) in [5.74, 6) is 0.607. The number of rotatable bonds is 12. The molecule has 0 aliphatic heterocycles. The van der Waals surface area contributed by atoms with Crippen LogP contribution in [0.25, 0.3) is 0 Å². The van der Waals surface area contributed by atoms with Gasteiger partial charge < -0.3 is 18.9 Å². The molecule has 0 aliphatic carbocycles. The van der Waals surface area contributed by atoms with E-state index in [1.54, 1.807) is 0 Å². The molecule has 136 valence electrons. The van der Waals surface area contributed by atoms with Gasteiger partial charge in [-0.05, 0) is 30.7 Å². The first kappa shape index (κ1) is 20.3. The Morgan fingerprint density at radius 3 is 2.00 bits per heavy atom. The van der Waals surface area contributed by atoms with Crippen LogP contribution in [0.5, 0.6) is 11.5 Å². The summed E-state index contributed by atoms with van der Waals surface area (Å²) in [6.07, 6.45) is 3.46. The van der Waals surface area contributed by atoms with E-state index in [4.69, 9.17) is 18.9 Å². The van der Waals surface area contributed by atoms with Crippen LogP contribution in [0.1, 0.15) is 18.4 Å². The molecule has 0 aliphatic rings. The standard InChI is InChI=1S/C19H24O6/c1-4-18(20)24-12-6-10-22-16-8-9-17(15(3)14-16)23-11-7-13-25-19(21)5-2/h4-5,8-9,14H,1-2,6-7,10-13H2,3H3. The zero-order chi connectivity index (χ0) is 18.5. The van der Waals surface area contributed by atoms with Crippen molar-refractivity contribution in [3.63, 3.8) is 0 Å². The lowest BCUT2D eigenvalue weighted by Gasteiger charge is -2.12. The largest absolute Gasteiger partial charge is 0.493 e. The summed E-state index contributed by atoms with van der Waals surface area (Å²) in [5, 5.41) is 0. The highest BCUT2D eigenvalue weighted by Crippen LogP contribution is 2.23. The number of carbonyl (C=O) groups is 2. The number of benzene rings is 1. The lowest BCUT2D eigenvalue weighted by Crippen LogP contribution is -2.07. The van der Waals surface area contributed by atoms with E-state index in [0.29, 0.717) is 39.3 Å². The van der Waals surface area contributed by atoms with Crippen LogP contribution in [-0.2, 0) is 19.1 Å². The molecule has 0 aromatic heterocycles. The number of carbonyl (C=O) groups excluding carboxylic acids is 2. The molecule has 0 unspecified atom stereocenters. The molecule has 0 heterocycles. The van der Waals surface area contributed by atoms with Crippen LogP contribution in [-0.4, -0.2) is 38.4 Å². The summed E-state index contributed by atoms with van der Waals surface area (Å²) in [7, 11) is 0. The van der Waals surface area contributed by atoms with Gasteiger partial charge in [0.25, 0.3) is 0 Å². The van der Waals surface area contributed by atoms with Gasteiger partial charge in [-0.1, -0.05) is 13.2 Å². The highest BCUT2D eigenvalue weighted by Gasteiger charge is 2.03. The van der Waals surface area contributed by atoms with Gasteiger partial charge in [-0.25, -0.2) is 9.59 Å². The molecule has 0 amide bonds. The fourth-order valence-corrected chi connectivity index (χ4v) is 1.83. The van der Waals surface area contributed by atoms with Crippen molar-refractivity contribution >= 4 is 11.9 Å². The minimum atomic E-state index is -0.434. The van der Waals surface area contributed by atoms with E-state index in [1.807, 2.05) is 25.1 Å². The lowest BCUT2D eigenvalue weighted by atomic mass is 10.2. The lowest BCUT2D eigenvalue weighted by molar-refractivity contribution is -0.138. The quantitative estimate of drug-likeness (QED) is 0.328. The maximum atomic E-state index is 10.9. The van der Waals surface area contributed by atoms with Crippen molar-refractivity contribution in [1.82, 2.24) is 0 Å². The molecule has 1 aromatic carbocycles. The third kappa shape index (κ3) is 8.60. The number of esters is 2. The topological polar surface area (TPSA) is 71.1 Å². The van der Waals surface area contributed by atoms with Crippen LogP contribution >= 0.6 is 0 Å². The average Bonchev–Trinajstić information content (AvgIpc) is 2.62. The third-order valence-corrected chi connectivity index (χ3v) is 3.07. The molecule has 6 nitrogen and oxygen atoms in total. The van der Waals surface area contributed by atoms with Crippen molar-refractivity contribution in [2.24, 2.45) is 0 Å². The van der Waals surface area contributed by atoms with E-state index in [1.165, 1.54) is 0 Å². The molecule has 0 radical (unpaired) electrons. The summed E-state index contributed by atoms with van der Waals surface area (Å²) in [6.45, 7) is 10.0. The van der Waals surface area contributed by atoms with Crippen molar-refractivity contribution in [2.75, 3.05) is 26.4 Å².